The summed E-state index contributed by atoms with van der Waals surface area (Å²) < 4.78 is 21.5. The van der Waals surface area contributed by atoms with Gasteiger partial charge in [-0.1, -0.05) is 67.9 Å². The third kappa shape index (κ3) is 8.68. The van der Waals surface area contributed by atoms with Crippen LogP contribution in [0.15, 0.2) is 84.2 Å². The van der Waals surface area contributed by atoms with Crippen LogP contribution in [0.25, 0.3) is 0 Å². The fourth-order valence-electron chi connectivity index (χ4n) is 4.84. The minimum Gasteiger partial charge on any atom is -0.494 e. The minimum atomic E-state index is -1.06. The molecular formula is C31H38Cl2FN3O3. The van der Waals surface area contributed by atoms with Crippen molar-refractivity contribution in [3.05, 3.63) is 94.8 Å². The van der Waals surface area contributed by atoms with Crippen LogP contribution in [-0.2, 0) is 16.1 Å². The van der Waals surface area contributed by atoms with E-state index in [2.05, 4.69) is 17.2 Å². The molecule has 3 rings (SSSR count). The van der Waals surface area contributed by atoms with Gasteiger partial charge in [-0.25, -0.2) is 4.39 Å². The summed E-state index contributed by atoms with van der Waals surface area (Å²) in [5.74, 6) is -2.64. The largest absolute Gasteiger partial charge is 0.494 e. The number of benzene rings is 2. The van der Waals surface area contributed by atoms with Crippen molar-refractivity contribution in [3.63, 3.8) is 0 Å². The molecule has 0 aromatic heterocycles. The molecule has 1 aliphatic rings. The van der Waals surface area contributed by atoms with E-state index in [-0.39, 0.29) is 10.9 Å². The first-order chi connectivity index (χ1) is 19.2. The number of amides is 2. The molecule has 0 aliphatic carbocycles. The lowest BCUT2D eigenvalue weighted by Crippen LogP contribution is -2.44. The number of ether oxygens (including phenoxy) is 1. The van der Waals surface area contributed by atoms with Gasteiger partial charge in [-0.2, -0.15) is 0 Å². The van der Waals surface area contributed by atoms with E-state index in [9.17, 15) is 9.59 Å². The second kappa shape index (κ2) is 16.2. The molecule has 1 saturated heterocycles. The topological polar surface area (TPSA) is 70.7 Å². The van der Waals surface area contributed by atoms with E-state index in [1.54, 1.807) is 24.3 Å². The molecule has 0 saturated carbocycles. The standard InChI is InChI=1S/C29H32Cl2FN3O3.C2H6/c1-5-38-23-13-7-10-20(15-23)17-35-19(3)25(28(36)33-4)26(24(32)14-6-9-18(2)30)27(35)29(37)34-22-12-8-11-21(31)16-22;1-2/h6-16,19,25-27H,2,5,17H2,1,3-4H3,(H,33,36)(H,34,37);1-2H3/b9-6-,24-14-;/t19?,25-,26?,27?;/m1./s1. The number of halogens is 3. The number of carbonyl (C=O) groups excluding carboxylic acids is 2. The van der Waals surface area contributed by atoms with Gasteiger partial charge in [0.1, 0.15) is 17.6 Å². The molecule has 1 fully saturated rings. The average molecular weight is 591 g/mol. The number of nitrogens with zero attached hydrogens (tertiary/aromatic N) is 1. The lowest BCUT2D eigenvalue weighted by molar-refractivity contribution is -0.126. The van der Waals surface area contributed by atoms with Crippen LogP contribution in [0.2, 0.25) is 5.02 Å². The molecule has 3 unspecified atom stereocenters. The Balaban J connectivity index is 0.00000274. The van der Waals surface area contributed by atoms with Crippen LogP contribution in [0.3, 0.4) is 0 Å². The number of anilines is 1. The summed E-state index contributed by atoms with van der Waals surface area (Å²) in [7, 11) is 1.50. The Labute approximate surface area is 246 Å². The van der Waals surface area contributed by atoms with Gasteiger partial charge in [-0.3, -0.25) is 14.5 Å². The van der Waals surface area contributed by atoms with Crippen LogP contribution in [0, 0.1) is 11.8 Å². The molecule has 216 valence electrons. The number of likely N-dealkylation sites (tertiary alicyclic amines) is 1. The van der Waals surface area contributed by atoms with Crippen LogP contribution in [0.5, 0.6) is 5.75 Å². The highest BCUT2D eigenvalue weighted by atomic mass is 35.5. The Morgan fingerprint density at radius 1 is 1.12 bits per heavy atom. The highest BCUT2D eigenvalue weighted by molar-refractivity contribution is 6.31. The summed E-state index contributed by atoms with van der Waals surface area (Å²) in [5, 5.41) is 6.18. The maximum absolute atomic E-state index is 15.9. The zero-order chi connectivity index (χ0) is 29.8. The predicted molar refractivity (Wildman–Crippen MR) is 162 cm³/mol. The van der Waals surface area contributed by atoms with Crippen LogP contribution < -0.4 is 15.4 Å². The summed E-state index contributed by atoms with van der Waals surface area (Å²) >= 11 is 11.9. The summed E-state index contributed by atoms with van der Waals surface area (Å²) in [4.78, 5) is 28.7. The number of allylic oxidation sites excluding steroid dienone is 4. The van der Waals surface area contributed by atoms with Crippen molar-refractivity contribution in [2.24, 2.45) is 11.8 Å². The van der Waals surface area contributed by atoms with Gasteiger partial charge in [0.25, 0.3) is 0 Å². The summed E-state index contributed by atoms with van der Waals surface area (Å²) in [6, 6.07) is 12.7. The molecule has 2 N–H and O–H groups in total. The Morgan fingerprint density at radius 2 is 1.82 bits per heavy atom. The predicted octanol–water partition coefficient (Wildman–Crippen LogP) is 7.12. The second-order valence-electron chi connectivity index (χ2n) is 8.96. The van der Waals surface area contributed by atoms with E-state index in [1.165, 1.54) is 25.3 Å². The molecule has 0 bridgehead atoms. The fourth-order valence-corrected chi connectivity index (χ4v) is 5.10. The van der Waals surface area contributed by atoms with Gasteiger partial charge in [-0.15, -0.1) is 0 Å². The first-order valence-corrected chi connectivity index (χ1v) is 14.1. The smallest absolute Gasteiger partial charge is 0.242 e. The minimum absolute atomic E-state index is 0.225. The number of hydrogen-bond acceptors (Lipinski definition) is 4. The van der Waals surface area contributed by atoms with Gasteiger partial charge >= 0.3 is 0 Å². The monoisotopic (exact) mass is 589 g/mol. The molecule has 4 atom stereocenters. The number of rotatable bonds is 10. The molecule has 2 aromatic carbocycles. The number of carbonyl (C=O) groups is 2. The van der Waals surface area contributed by atoms with Gasteiger partial charge in [0.2, 0.25) is 11.8 Å². The van der Waals surface area contributed by atoms with E-state index in [1.807, 2.05) is 56.9 Å². The van der Waals surface area contributed by atoms with E-state index >= 15 is 4.39 Å². The quantitative estimate of drug-likeness (QED) is 0.289. The Bertz CT molecular complexity index is 1230. The highest BCUT2D eigenvalue weighted by Crippen LogP contribution is 2.42. The molecule has 2 aromatic rings. The van der Waals surface area contributed by atoms with Crippen LogP contribution >= 0.6 is 23.2 Å². The fraction of sp³-hybridized carbons (Fsp3) is 0.355. The van der Waals surface area contributed by atoms with Crippen molar-refractivity contribution in [2.75, 3.05) is 19.0 Å². The zero-order valence-corrected chi connectivity index (χ0v) is 25.1. The zero-order valence-electron chi connectivity index (χ0n) is 23.6. The lowest BCUT2D eigenvalue weighted by Gasteiger charge is -2.29. The van der Waals surface area contributed by atoms with Crippen molar-refractivity contribution in [1.82, 2.24) is 10.2 Å². The molecule has 1 aliphatic heterocycles. The maximum atomic E-state index is 15.9. The summed E-state index contributed by atoms with van der Waals surface area (Å²) in [6.45, 7) is 12.1. The molecule has 40 heavy (non-hydrogen) atoms. The molecule has 1 heterocycles. The van der Waals surface area contributed by atoms with E-state index in [4.69, 9.17) is 27.9 Å². The molecule has 2 amide bonds. The molecule has 6 nitrogen and oxygen atoms in total. The normalized spacial score (nSPS) is 20.9. The van der Waals surface area contributed by atoms with Gasteiger partial charge in [0, 0.05) is 41.3 Å². The summed E-state index contributed by atoms with van der Waals surface area (Å²) in [5.41, 5.74) is 1.33. The van der Waals surface area contributed by atoms with Crippen molar-refractivity contribution in [2.45, 2.75) is 46.3 Å². The third-order valence-corrected chi connectivity index (χ3v) is 6.82. The highest BCUT2D eigenvalue weighted by Gasteiger charge is 2.54. The molecule has 0 radical (unpaired) electrons. The van der Waals surface area contributed by atoms with Gasteiger partial charge in [0.15, 0.2) is 0 Å². The first-order valence-electron chi connectivity index (χ1n) is 13.3. The molecular weight excluding hydrogens is 552 g/mol. The van der Waals surface area contributed by atoms with Crippen LogP contribution in [0.4, 0.5) is 10.1 Å². The Kier molecular flexibility index (Phi) is 13.4. The number of hydrogen-bond donors (Lipinski definition) is 2. The van der Waals surface area contributed by atoms with Crippen molar-refractivity contribution in [1.29, 1.82) is 0 Å². The van der Waals surface area contributed by atoms with Gasteiger partial charge < -0.3 is 15.4 Å². The first kappa shape index (κ1) is 33.1. The van der Waals surface area contributed by atoms with Crippen LogP contribution in [0.1, 0.15) is 33.3 Å². The van der Waals surface area contributed by atoms with E-state index < -0.39 is 35.7 Å². The van der Waals surface area contributed by atoms with Crippen molar-refractivity contribution >= 4 is 40.7 Å². The second-order valence-corrected chi connectivity index (χ2v) is 9.88. The molecule has 0 spiro atoms. The van der Waals surface area contributed by atoms with Gasteiger partial charge in [0.05, 0.1) is 12.5 Å². The van der Waals surface area contributed by atoms with Crippen molar-refractivity contribution < 1.29 is 18.7 Å². The third-order valence-electron chi connectivity index (χ3n) is 6.46. The Morgan fingerprint density at radius 3 is 2.45 bits per heavy atom. The average Bonchev–Trinajstić information content (AvgIpc) is 3.21. The summed E-state index contributed by atoms with van der Waals surface area (Å²) in [6.07, 6.45) is 4.07. The van der Waals surface area contributed by atoms with E-state index in [0.717, 1.165) is 5.56 Å². The van der Waals surface area contributed by atoms with Gasteiger partial charge in [-0.05, 0) is 61.9 Å². The van der Waals surface area contributed by atoms with Crippen LogP contribution in [-0.4, -0.2) is 42.5 Å². The van der Waals surface area contributed by atoms with E-state index in [0.29, 0.717) is 29.6 Å². The van der Waals surface area contributed by atoms with Crippen molar-refractivity contribution in [3.8, 4) is 5.75 Å². The maximum Gasteiger partial charge on any atom is 0.242 e. The lowest BCUT2D eigenvalue weighted by atomic mass is 9.85. The number of nitrogens with one attached hydrogen (secondary N) is 2. The Hall–Kier alpha value is -3.13. The SMILES string of the molecule is C=C(Cl)/C=C\C=C(/F)C1C(C(=O)Nc2cccc(Cl)c2)N(Cc2cccc(OCC)c2)C(C)[C@H]1C(=O)NC.CC. The molecule has 9 heteroatoms.